The number of anilines is 1. The van der Waals surface area contributed by atoms with E-state index < -0.39 is 0 Å². The van der Waals surface area contributed by atoms with E-state index in [9.17, 15) is 4.79 Å². The third-order valence-corrected chi connectivity index (χ3v) is 3.21. The topological polar surface area (TPSA) is 92.3 Å². The van der Waals surface area contributed by atoms with Crippen LogP contribution in [0.15, 0.2) is 10.9 Å². The van der Waals surface area contributed by atoms with Crippen LogP contribution in [0.5, 0.6) is 0 Å². The summed E-state index contributed by atoms with van der Waals surface area (Å²) in [5.74, 6) is 1.50. The largest absolute Gasteiger partial charge is 0.352 e. The fraction of sp³-hybridized carbons (Fsp3) is 0.545. The third-order valence-electron chi connectivity index (χ3n) is 3.21. The molecule has 1 fully saturated rings. The van der Waals surface area contributed by atoms with Crippen LogP contribution in [0.2, 0.25) is 0 Å². The second-order valence-corrected chi connectivity index (χ2v) is 4.60. The highest BCUT2D eigenvalue weighted by Gasteiger charge is 2.30. The third kappa shape index (κ3) is 1.76. The van der Waals surface area contributed by atoms with Gasteiger partial charge in [0.25, 0.3) is 0 Å². The zero-order chi connectivity index (χ0) is 12.7. The van der Waals surface area contributed by atoms with Crippen LogP contribution < -0.4 is 16.3 Å². The number of nitrogens with two attached hydrogens (primary N) is 1. The van der Waals surface area contributed by atoms with E-state index in [2.05, 4.69) is 20.1 Å². The molecule has 0 aromatic carbocycles. The van der Waals surface area contributed by atoms with E-state index in [-0.39, 0.29) is 5.69 Å². The molecule has 18 heavy (non-hydrogen) atoms. The van der Waals surface area contributed by atoms with Gasteiger partial charge < -0.3 is 10.6 Å². The van der Waals surface area contributed by atoms with Crippen LogP contribution in [0.3, 0.4) is 0 Å². The van der Waals surface area contributed by atoms with Gasteiger partial charge in [-0.15, -0.1) is 0 Å². The summed E-state index contributed by atoms with van der Waals surface area (Å²) < 4.78 is 1.47. The normalized spacial score (nSPS) is 15.2. The van der Waals surface area contributed by atoms with Gasteiger partial charge in [0.1, 0.15) is 11.6 Å². The minimum Gasteiger partial charge on any atom is -0.352 e. The number of hydrogen-bond acceptors (Lipinski definition) is 5. The van der Waals surface area contributed by atoms with Crippen molar-refractivity contribution in [3.63, 3.8) is 0 Å². The van der Waals surface area contributed by atoms with Crippen LogP contribution in [0.1, 0.15) is 18.7 Å². The van der Waals surface area contributed by atoms with Gasteiger partial charge in [0.2, 0.25) is 0 Å². The first-order valence-corrected chi connectivity index (χ1v) is 6.12. The molecule has 0 saturated heterocycles. The van der Waals surface area contributed by atoms with Crippen LogP contribution in [0, 0.1) is 6.92 Å². The SMILES string of the molecule is Cc1nc(N(CCN)C2CC2)cc2n[nH]c(=O)n12. The van der Waals surface area contributed by atoms with Crippen molar-refractivity contribution < 1.29 is 0 Å². The molecular formula is C11H16N6O. The summed E-state index contributed by atoms with van der Waals surface area (Å²) in [6, 6.07) is 2.37. The number of nitrogens with one attached hydrogen (secondary N) is 1. The molecule has 0 amide bonds. The molecule has 3 N–H and O–H groups in total. The molecule has 1 aliphatic carbocycles. The second-order valence-electron chi connectivity index (χ2n) is 4.60. The van der Waals surface area contributed by atoms with E-state index in [1.165, 1.54) is 17.2 Å². The molecule has 0 radical (unpaired) electrons. The van der Waals surface area contributed by atoms with Crippen LogP contribution in [-0.4, -0.2) is 38.7 Å². The summed E-state index contributed by atoms with van der Waals surface area (Å²) in [7, 11) is 0. The molecule has 96 valence electrons. The molecule has 0 aliphatic heterocycles. The average molecular weight is 248 g/mol. The first kappa shape index (κ1) is 11.2. The zero-order valence-corrected chi connectivity index (χ0v) is 10.3. The standard InChI is InChI=1S/C11H16N6O/c1-7-13-9(16(5-4-12)8-2-3-8)6-10-14-15-11(18)17(7)10/h6,8H,2-5,12H2,1H3,(H,15,18). The molecule has 0 atom stereocenters. The molecule has 1 saturated carbocycles. The fourth-order valence-electron chi connectivity index (χ4n) is 2.24. The summed E-state index contributed by atoms with van der Waals surface area (Å²) in [4.78, 5) is 18.2. The molecule has 2 heterocycles. The van der Waals surface area contributed by atoms with Crippen molar-refractivity contribution in [3.8, 4) is 0 Å². The number of hydrogen-bond donors (Lipinski definition) is 2. The summed E-state index contributed by atoms with van der Waals surface area (Å²) in [5.41, 5.74) is 5.99. The van der Waals surface area contributed by atoms with Crippen molar-refractivity contribution >= 4 is 11.5 Å². The van der Waals surface area contributed by atoms with E-state index >= 15 is 0 Å². The number of aryl methyl sites for hydroxylation is 1. The molecule has 2 aromatic heterocycles. The van der Waals surface area contributed by atoms with Gasteiger partial charge in [0.05, 0.1) is 0 Å². The van der Waals surface area contributed by atoms with Crippen molar-refractivity contribution in [3.05, 3.63) is 22.4 Å². The summed E-state index contributed by atoms with van der Waals surface area (Å²) in [6.45, 7) is 3.18. The van der Waals surface area contributed by atoms with Crippen LogP contribution >= 0.6 is 0 Å². The number of fused-ring (bicyclic) bond motifs is 1. The Labute approximate surface area is 104 Å². The molecule has 7 nitrogen and oxygen atoms in total. The van der Waals surface area contributed by atoms with Crippen LogP contribution in [0.25, 0.3) is 5.65 Å². The lowest BCUT2D eigenvalue weighted by molar-refractivity contribution is 0.762. The number of rotatable bonds is 4. The minimum absolute atomic E-state index is 0.252. The Morgan fingerprint density at radius 2 is 2.39 bits per heavy atom. The number of nitrogens with zero attached hydrogens (tertiary/aromatic N) is 4. The molecular weight excluding hydrogens is 232 g/mol. The van der Waals surface area contributed by atoms with E-state index in [0.29, 0.717) is 24.1 Å². The monoisotopic (exact) mass is 248 g/mol. The Hall–Kier alpha value is -1.89. The highest BCUT2D eigenvalue weighted by molar-refractivity contribution is 5.52. The van der Waals surface area contributed by atoms with Crippen molar-refractivity contribution in [1.29, 1.82) is 0 Å². The smallest absolute Gasteiger partial charge is 0.349 e. The van der Waals surface area contributed by atoms with Gasteiger partial charge in [0, 0.05) is 25.2 Å². The number of aromatic nitrogens is 4. The average Bonchev–Trinajstić information content (AvgIpc) is 3.10. The predicted octanol–water partition coefficient (Wildman–Crippen LogP) is -0.346. The van der Waals surface area contributed by atoms with Crippen molar-refractivity contribution in [1.82, 2.24) is 19.6 Å². The van der Waals surface area contributed by atoms with Crippen LogP contribution in [0.4, 0.5) is 5.82 Å². The lowest BCUT2D eigenvalue weighted by Gasteiger charge is -2.23. The Bertz CT molecular complexity index is 626. The summed E-state index contributed by atoms with van der Waals surface area (Å²) in [5, 5.41) is 6.42. The van der Waals surface area contributed by atoms with Gasteiger partial charge in [-0.25, -0.2) is 19.3 Å². The highest BCUT2D eigenvalue weighted by Crippen LogP contribution is 2.30. The van der Waals surface area contributed by atoms with E-state index in [1.807, 2.05) is 6.07 Å². The quantitative estimate of drug-likeness (QED) is 0.771. The van der Waals surface area contributed by atoms with E-state index in [1.54, 1.807) is 6.92 Å². The maximum absolute atomic E-state index is 11.5. The zero-order valence-electron chi connectivity index (χ0n) is 10.3. The fourth-order valence-corrected chi connectivity index (χ4v) is 2.24. The molecule has 0 spiro atoms. The van der Waals surface area contributed by atoms with E-state index in [4.69, 9.17) is 5.73 Å². The second kappa shape index (κ2) is 4.09. The predicted molar refractivity (Wildman–Crippen MR) is 67.8 cm³/mol. The van der Waals surface area contributed by atoms with Gasteiger partial charge in [-0.1, -0.05) is 0 Å². The molecule has 1 aliphatic rings. The molecule has 0 unspecified atom stereocenters. The Balaban J connectivity index is 2.08. The van der Waals surface area contributed by atoms with Gasteiger partial charge >= 0.3 is 5.69 Å². The van der Waals surface area contributed by atoms with Crippen molar-refractivity contribution in [2.24, 2.45) is 5.73 Å². The molecule has 7 heteroatoms. The lowest BCUT2D eigenvalue weighted by Crippen LogP contribution is -2.32. The summed E-state index contributed by atoms with van der Waals surface area (Å²) in [6.07, 6.45) is 2.36. The first-order chi connectivity index (χ1) is 8.70. The molecule has 3 rings (SSSR count). The first-order valence-electron chi connectivity index (χ1n) is 6.12. The van der Waals surface area contributed by atoms with Gasteiger partial charge in [-0.05, 0) is 19.8 Å². The molecule has 2 aromatic rings. The summed E-state index contributed by atoms with van der Waals surface area (Å²) >= 11 is 0. The minimum atomic E-state index is -0.252. The van der Waals surface area contributed by atoms with Gasteiger partial charge in [0.15, 0.2) is 5.65 Å². The van der Waals surface area contributed by atoms with Crippen molar-refractivity contribution in [2.75, 3.05) is 18.0 Å². The molecule has 0 bridgehead atoms. The number of H-pyrrole nitrogens is 1. The van der Waals surface area contributed by atoms with Crippen molar-refractivity contribution in [2.45, 2.75) is 25.8 Å². The maximum atomic E-state index is 11.5. The van der Waals surface area contributed by atoms with Gasteiger partial charge in [-0.3, -0.25) is 0 Å². The van der Waals surface area contributed by atoms with Gasteiger partial charge in [-0.2, -0.15) is 5.10 Å². The Kier molecular flexibility index (Phi) is 2.55. The maximum Gasteiger partial charge on any atom is 0.349 e. The number of aromatic amines is 1. The Morgan fingerprint density at radius 3 is 3.06 bits per heavy atom. The van der Waals surface area contributed by atoms with Crippen LogP contribution in [-0.2, 0) is 0 Å². The lowest BCUT2D eigenvalue weighted by atomic mass is 10.4. The Morgan fingerprint density at radius 1 is 1.61 bits per heavy atom. The highest BCUT2D eigenvalue weighted by atomic mass is 16.1. The van der Waals surface area contributed by atoms with E-state index in [0.717, 1.165) is 12.4 Å².